The highest BCUT2D eigenvalue weighted by Gasteiger charge is 2.20. The molecule has 0 saturated heterocycles. The summed E-state index contributed by atoms with van der Waals surface area (Å²) in [6.45, 7) is 1.89. The van der Waals surface area contributed by atoms with Crippen molar-refractivity contribution in [1.82, 2.24) is 4.98 Å². The minimum atomic E-state index is -0.105. The number of rotatable bonds is 6. The van der Waals surface area contributed by atoms with Crippen LogP contribution in [0.25, 0.3) is 22.0 Å². The predicted molar refractivity (Wildman–Crippen MR) is 132 cm³/mol. The molecular formula is C27H24BrNO3. The fraction of sp³-hybridized carbons (Fsp3) is 0.185. The number of nitrogens with zero attached hydrogens (tertiary/aromatic N) is 1. The zero-order valence-electron chi connectivity index (χ0n) is 18.3. The van der Waals surface area contributed by atoms with Gasteiger partial charge in [0.1, 0.15) is 5.76 Å². The Kier molecular flexibility index (Phi) is 6.68. The van der Waals surface area contributed by atoms with Gasteiger partial charge in [0.25, 0.3) is 0 Å². The number of carbonyl (C=O) groups excluding carboxylic acids is 1. The summed E-state index contributed by atoms with van der Waals surface area (Å²) in [7, 11) is 3.30. The summed E-state index contributed by atoms with van der Waals surface area (Å²) in [5.41, 5.74) is 4.84. The second-order valence-electron chi connectivity index (χ2n) is 7.58. The van der Waals surface area contributed by atoms with E-state index >= 15 is 0 Å². The second-order valence-corrected chi connectivity index (χ2v) is 8.49. The SMILES string of the molecule is COC1=CCC(OC)C=C1C=CC(=O)c1c(C)nc2ccc(Br)cc2c1-c1ccccc1. The van der Waals surface area contributed by atoms with Crippen molar-refractivity contribution >= 4 is 32.6 Å². The number of hydrogen-bond donors (Lipinski definition) is 0. The Morgan fingerprint density at radius 1 is 1.16 bits per heavy atom. The third-order valence-corrected chi connectivity index (χ3v) is 6.05. The first-order valence-electron chi connectivity index (χ1n) is 10.4. The molecule has 0 fully saturated rings. The third kappa shape index (κ3) is 4.45. The van der Waals surface area contributed by atoms with Gasteiger partial charge in [0.15, 0.2) is 5.78 Å². The number of ether oxygens (including phenoxy) is 2. The fourth-order valence-electron chi connectivity index (χ4n) is 4.01. The largest absolute Gasteiger partial charge is 0.496 e. The molecule has 32 heavy (non-hydrogen) atoms. The van der Waals surface area contributed by atoms with Gasteiger partial charge in [-0.1, -0.05) is 46.3 Å². The number of methoxy groups -OCH3 is 2. The van der Waals surface area contributed by atoms with Gasteiger partial charge in [0.2, 0.25) is 0 Å². The Bertz CT molecular complexity index is 1260. The van der Waals surface area contributed by atoms with E-state index in [9.17, 15) is 4.79 Å². The van der Waals surface area contributed by atoms with E-state index < -0.39 is 0 Å². The van der Waals surface area contributed by atoms with Crippen molar-refractivity contribution < 1.29 is 14.3 Å². The smallest absolute Gasteiger partial charge is 0.188 e. The summed E-state index contributed by atoms with van der Waals surface area (Å²) in [4.78, 5) is 18.2. The quantitative estimate of drug-likeness (QED) is 0.289. The van der Waals surface area contributed by atoms with Gasteiger partial charge in [-0.25, -0.2) is 0 Å². The van der Waals surface area contributed by atoms with Crippen molar-refractivity contribution in [1.29, 1.82) is 0 Å². The molecule has 1 unspecified atom stereocenters. The van der Waals surface area contributed by atoms with Gasteiger partial charge >= 0.3 is 0 Å². The van der Waals surface area contributed by atoms with E-state index in [2.05, 4.69) is 15.9 Å². The highest BCUT2D eigenvalue weighted by molar-refractivity contribution is 9.10. The molecular weight excluding hydrogens is 466 g/mol. The molecule has 1 aromatic heterocycles. The summed E-state index contributed by atoms with van der Waals surface area (Å²) < 4.78 is 11.9. The van der Waals surface area contributed by atoms with Crippen LogP contribution >= 0.6 is 15.9 Å². The van der Waals surface area contributed by atoms with Gasteiger partial charge in [0.05, 0.1) is 24.3 Å². The van der Waals surface area contributed by atoms with Crippen LogP contribution in [-0.2, 0) is 9.47 Å². The van der Waals surface area contributed by atoms with Crippen molar-refractivity contribution in [2.24, 2.45) is 0 Å². The molecule has 5 heteroatoms. The third-order valence-electron chi connectivity index (χ3n) is 5.56. The van der Waals surface area contributed by atoms with Gasteiger partial charge in [-0.3, -0.25) is 9.78 Å². The molecule has 1 atom stereocenters. The Balaban J connectivity index is 1.84. The van der Waals surface area contributed by atoms with Crippen molar-refractivity contribution in [2.45, 2.75) is 19.4 Å². The molecule has 0 aliphatic heterocycles. The van der Waals surface area contributed by atoms with Crippen molar-refractivity contribution in [2.75, 3.05) is 14.2 Å². The van der Waals surface area contributed by atoms with E-state index in [1.165, 1.54) is 0 Å². The van der Waals surface area contributed by atoms with E-state index in [1.807, 2.05) is 67.6 Å². The summed E-state index contributed by atoms with van der Waals surface area (Å²) in [5, 5.41) is 0.932. The molecule has 1 heterocycles. The van der Waals surface area contributed by atoms with Gasteiger partial charge in [-0.15, -0.1) is 0 Å². The van der Waals surface area contributed by atoms with Crippen LogP contribution in [0.3, 0.4) is 0 Å². The van der Waals surface area contributed by atoms with Crippen molar-refractivity contribution in [3.63, 3.8) is 0 Å². The average Bonchev–Trinajstić information content (AvgIpc) is 2.82. The molecule has 0 bridgehead atoms. The highest BCUT2D eigenvalue weighted by Crippen LogP contribution is 2.35. The maximum Gasteiger partial charge on any atom is 0.188 e. The number of aromatic nitrogens is 1. The number of carbonyl (C=O) groups is 1. The Labute approximate surface area is 196 Å². The van der Waals surface area contributed by atoms with Crippen LogP contribution in [0.2, 0.25) is 0 Å². The standard InChI is InChI=1S/C27H24BrNO3/c1-17-26(24(30)13-9-19-15-21(31-2)11-14-25(19)32-3)27(18-7-5-4-6-8-18)22-16-20(28)10-12-23(22)29-17/h4-10,12-16,21H,11H2,1-3H3. The van der Waals surface area contributed by atoms with Crippen LogP contribution in [0.15, 0.2) is 88.6 Å². The van der Waals surface area contributed by atoms with Crippen LogP contribution in [-0.4, -0.2) is 31.1 Å². The summed E-state index contributed by atoms with van der Waals surface area (Å²) in [5.74, 6) is 0.634. The van der Waals surface area contributed by atoms with Crippen LogP contribution < -0.4 is 0 Å². The van der Waals surface area contributed by atoms with Gasteiger partial charge in [-0.05, 0) is 61.4 Å². The van der Waals surface area contributed by atoms with Gasteiger partial charge < -0.3 is 9.47 Å². The maximum atomic E-state index is 13.5. The zero-order valence-corrected chi connectivity index (χ0v) is 19.8. The predicted octanol–water partition coefficient (Wildman–Crippen LogP) is 6.59. The molecule has 3 aromatic rings. The number of hydrogen-bond acceptors (Lipinski definition) is 4. The molecule has 1 aliphatic carbocycles. The summed E-state index contributed by atoms with van der Waals surface area (Å²) in [6.07, 6.45) is 8.05. The lowest BCUT2D eigenvalue weighted by Crippen LogP contribution is -2.12. The number of ketones is 1. The number of fused-ring (bicyclic) bond motifs is 1. The lowest BCUT2D eigenvalue weighted by molar-refractivity contribution is 0.104. The van der Waals surface area contributed by atoms with E-state index in [4.69, 9.17) is 14.5 Å². The zero-order chi connectivity index (χ0) is 22.7. The fourth-order valence-corrected chi connectivity index (χ4v) is 4.37. The van der Waals surface area contributed by atoms with Gasteiger partial charge in [0, 0.05) is 33.8 Å². The molecule has 0 saturated carbocycles. The minimum Gasteiger partial charge on any atom is -0.496 e. The minimum absolute atomic E-state index is 0.0371. The topological polar surface area (TPSA) is 48.4 Å². The molecule has 0 amide bonds. The lowest BCUT2D eigenvalue weighted by atomic mass is 9.91. The summed E-state index contributed by atoms with van der Waals surface area (Å²) in [6, 6.07) is 15.9. The number of allylic oxidation sites excluding steroid dienone is 2. The van der Waals surface area contributed by atoms with Crippen LogP contribution in [0.1, 0.15) is 22.5 Å². The van der Waals surface area contributed by atoms with Crippen LogP contribution in [0.5, 0.6) is 0 Å². The van der Waals surface area contributed by atoms with Crippen LogP contribution in [0, 0.1) is 6.92 Å². The number of pyridine rings is 1. The molecule has 0 spiro atoms. The normalized spacial score (nSPS) is 16.2. The second kappa shape index (κ2) is 9.63. The first kappa shape index (κ1) is 22.2. The molecule has 4 nitrogen and oxygen atoms in total. The Hall–Kier alpha value is -3.02. The van der Waals surface area contributed by atoms with E-state index in [1.54, 1.807) is 26.4 Å². The first-order chi connectivity index (χ1) is 15.5. The monoisotopic (exact) mass is 489 g/mol. The molecule has 4 rings (SSSR count). The van der Waals surface area contributed by atoms with Gasteiger partial charge in [-0.2, -0.15) is 0 Å². The van der Waals surface area contributed by atoms with Crippen LogP contribution in [0.4, 0.5) is 0 Å². The van der Waals surface area contributed by atoms with E-state index in [-0.39, 0.29) is 11.9 Å². The number of aryl methyl sites for hydroxylation is 1. The molecule has 1 aliphatic rings. The first-order valence-corrected chi connectivity index (χ1v) is 11.2. The molecule has 0 radical (unpaired) electrons. The lowest BCUT2D eigenvalue weighted by Gasteiger charge is -2.18. The molecule has 0 N–H and O–H groups in total. The molecule has 162 valence electrons. The summed E-state index contributed by atoms with van der Waals surface area (Å²) >= 11 is 3.56. The Morgan fingerprint density at radius 3 is 2.66 bits per heavy atom. The van der Waals surface area contributed by atoms with E-state index in [0.717, 1.165) is 44.3 Å². The Morgan fingerprint density at radius 2 is 1.94 bits per heavy atom. The number of halogens is 1. The molecule has 2 aromatic carbocycles. The average molecular weight is 490 g/mol. The van der Waals surface area contributed by atoms with Crippen molar-refractivity contribution in [3.8, 4) is 11.1 Å². The highest BCUT2D eigenvalue weighted by atomic mass is 79.9. The van der Waals surface area contributed by atoms with E-state index in [0.29, 0.717) is 11.3 Å². The maximum absolute atomic E-state index is 13.5. The number of benzene rings is 2. The van der Waals surface area contributed by atoms with Crippen molar-refractivity contribution in [3.05, 3.63) is 99.9 Å².